The van der Waals surface area contributed by atoms with E-state index in [4.69, 9.17) is 4.74 Å². The molecule has 0 aromatic heterocycles. The molecule has 19 heavy (non-hydrogen) atoms. The summed E-state index contributed by atoms with van der Waals surface area (Å²) in [4.78, 5) is 11.4. The number of likely N-dealkylation sites (N-methyl/N-ethyl adjacent to an activating group) is 1. The van der Waals surface area contributed by atoms with E-state index in [9.17, 15) is 4.79 Å². The first-order chi connectivity index (χ1) is 8.88. The summed E-state index contributed by atoms with van der Waals surface area (Å²) in [5.74, 6) is 0.436. The standard InChI is InChI=1S/C15H23NO3/c1-15(2,3)11-7-6-8-12(9-11)19-10-13(16-4)14(17)18-5/h6-9,13,16H,10H2,1-5H3. The molecule has 1 atom stereocenters. The topological polar surface area (TPSA) is 47.6 Å². The molecule has 0 radical (unpaired) electrons. The molecule has 4 nitrogen and oxygen atoms in total. The molecule has 1 aromatic rings. The van der Waals surface area contributed by atoms with Crippen LogP contribution >= 0.6 is 0 Å². The van der Waals surface area contributed by atoms with E-state index in [0.29, 0.717) is 0 Å². The van der Waals surface area contributed by atoms with E-state index in [1.54, 1.807) is 7.05 Å². The Morgan fingerprint density at radius 1 is 1.37 bits per heavy atom. The Balaban J connectivity index is 2.70. The summed E-state index contributed by atoms with van der Waals surface area (Å²) in [6.07, 6.45) is 0. The van der Waals surface area contributed by atoms with Gasteiger partial charge < -0.3 is 14.8 Å². The number of esters is 1. The van der Waals surface area contributed by atoms with Crippen LogP contribution in [0.4, 0.5) is 0 Å². The van der Waals surface area contributed by atoms with Gasteiger partial charge in [0.2, 0.25) is 0 Å². The fourth-order valence-electron chi connectivity index (χ4n) is 1.64. The monoisotopic (exact) mass is 265 g/mol. The average Bonchev–Trinajstić information content (AvgIpc) is 2.38. The number of nitrogens with one attached hydrogen (secondary N) is 1. The van der Waals surface area contributed by atoms with Crippen molar-refractivity contribution in [2.45, 2.75) is 32.2 Å². The molecule has 0 aliphatic heterocycles. The highest BCUT2D eigenvalue weighted by Crippen LogP contribution is 2.25. The normalized spacial score (nSPS) is 12.9. The molecule has 0 amide bonds. The van der Waals surface area contributed by atoms with Gasteiger partial charge in [0.05, 0.1) is 7.11 Å². The third kappa shape index (κ3) is 4.56. The Bertz CT molecular complexity index is 424. The summed E-state index contributed by atoms with van der Waals surface area (Å²) in [6.45, 7) is 6.70. The third-order valence-corrected chi connectivity index (χ3v) is 2.95. The third-order valence-electron chi connectivity index (χ3n) is 2.95. The van der Waals surface area contributed by atoms with E-state index < -0.39 is 6.04 Å². The van der Waals surface area contributed by atoms with Crippen LogP contribution in [-0.2, 0) is 14.9 Å². The Kier molecular flexibility index (Phi) is 5.36. The Hall–Kier alpha value is -1.55. The largest absolute Gasteiger partial charge is 0.491 e. The van der Waals surface area contributed by atoms with E-state index in [1.807, 2.05) is 18.2 Å². The molecular weight excluding hydrogens is 242 g/mol. The summed E-state index contributed by atoms with van der Waals surface area (Å²) in [5.41, 5.74) is 1.27. The highest BCUT2D eigenvalue weighted by Gasteiger charge is 2.18. The minimum absolute atomic E-state index is 0.0735. The van der Waals surface area contributed by atoms with Gasteiger partial charge in [0.25, 0.3) is 0 Å². The molecule has 1 aromatic carbocycles. The number of carbonyl (C=O) groups excluding carboxylic acids is 1. The van der Waals surface area contributed by atoms with Gasteiger partial charge in [-0.2, -0.15) is 0 Å². The van der Waals surface area contributed by atoms with E-state index in [1.165, 1.54) is 12.7 Å². The first-order valence-corrected chi connectivity index (χ1v) is 6.37. The maximum atomic E-state index is 11.4. The smallest absolute Gasteiger partial charge is 0.326 e. The molecule has 1 N–H and O–H groups in total. The zero-order valence-corrected chi connectivity index (χ0v) is 12.3. The van der Waals surface area contributed by atoms with Crippen LogP contribution in [-0.4, -0.2) is 32.8 Å². The molecule has 0 aliphatic rings. The van der Waals surface area contributed by atoms with Crippen LogP contribution in [0.2, 0.25) is 0 Å². The van der Waals surface area contributed by atoms with Crippen molar-refractivity contribution in [2.24, 2.45) is 0 Å². The summed E-state index contributed by atoms with van der Waals surface area (Å²) in [7, 11) is 3.07. The molecule has 0 bridgehead atoms. The second-order valence-corrected chi connectivity index (χ2v) is 5.45. The van der Waals surface area contributed by atoms with Crippen molar-refractivity contribution in [1.29, 1.82) is 0 Å². The first kappa shape index (κ1) is 15.5. The van der Waals surface area contributed by atoms with Crippen molar-refractivity contribution < 1.29 is 14.3 Å². The molecule has 1 unspecified atom stereocenters. The summed E-state index contributed by atoms with van der Waals surface area (Å²) in [5, 5.41) is 2.87. The van der Waals surface area contributed by atoms with E-state index in [2.05, 4.69) is 36.9 Å². The molecule has 0 saturated carbocycles. The van der Waals surface area contributed by atoms with Gasteiger partial charge in [-0.15, -0.1) is 0 Å². The lowest BCUT2D eigenvalue weighted by atomic mass is 9.87. The van der Waals surface area contributed by atoms with Gasteiger partial charge in [0.1, 0.15) is 18.4 Å². The van der Waals surface area contributed by atoms with Gasteiger partial charge in [0, 0.05) is 0 Å². The van der Waals surface area contributed by atoms with Gasteiger partial charge in [-0.3, -0.25) is 4.79 Å². The Labute approximate surface area is 115 Å². The number of hydrogen-bond acceptors (Lipinski definition) is 4. The zero-order valence-electron chi connectivity index (χ0n) is 12.3. The summed E-state index contributed by atoms with van der Waals surface area (Å²) in [6, 6.07) is 7.47. The number of methoxy groups -OCH3 is 1. The fourth-order valence-corrected chi connectivity index (χ4v) is 1.64. The summed E-state index contributed by atoms with van der Waals surface area (Å²) < 4.78 is 10.3. The highest BCUT2D eigenvalue weighted by molar-refractivity contribution is 5.75. The molecule has 1 rings (SSSR count). The Morgan fingerprint density at radius 2 is 2.05 bits per heavy atom. The maximum absolute atomic E-state index is 11.4. The zero-order chi connectivity index (χ0) is 14.5. The van der Waals surface area contributed by atoms with Crippen molar-refractivity contribution in [3.63, 3.8) is 0 Å². The van der Waals surface area contributed by atoms with Crippen LogP contribution in [0.1, 0.15) is 26.3 Å². The Morgan fingerprint density at radius 3 is 2.58 bits per heavy atom. The minimum atomic E-state index is -0.455. The van der Waals surface area contributed by atoms with Crippen molar-refractivity contribution in [1.82, 2.24) is 5.32 Å². The van der Waals surface area contributed by atoms with Gasteiger partial charge >= 0.3 is 5.97 Å². The van der Waals surface area contributed by atoms with E-state index in [0.717, 1.165) is 5.75 Å². The molecule has 4 heteroatoms. The lowest BCUT2D eigenvalue weighted by molar-refractivity contribution is -0.143. The fraction of sp³-hybridized carbons (Fsp3) is 0.533. The number of hydrogen-bond donors (Lipinski definition) is 1. The SMILES string of the molecule is CNC(COc1cccc(C(C)(C)C)c1)C(=O)OC. The van der Waals surface area contributed by atoms with Crippen LogP contribution in [0.15, 0.2) is 24.3 Å². The molecular formula is C15H23NO3. The van der Waals surface area contributed by atoms with Crippen molar-refractivity contribution in [2.75, 3.05) is 20.8 Å². The molecule has 0 fully saturated rings. The first-order valence-electron chi connectivity index (χ1n) is 6.37. The van der Waals surface area contributed by atoms with Gasteiger partial charge in [-0.05, 0) is 30.2 Å². The van der Waals surface area contributed by atoms with Crippen molar-refractivity contribution >= 4 is 5.97 Å². The lowest BCUT2D eigenvalue weighted by Gasteiger charge is -2.20. The molecule has 106 valence electrons. The van der Waals surface area contributed by atoms with Crippen molar-refractivity contribution in [3.05, 3.63) is 29.8 Å². The molecule has 0 spiro atoms. The molecule has 0 heterocycles. The quantitative estimate of drug-likeness (QED) is 0.828. The second kappa shape index (κ2) is 6.57. The van der Waals surface area contributed by atoms with E-state index in [-0.39, 0.29) is 18.0 Å². The molecule has 0 saturated heterocycles. The number of rotatable bonds is 5. The highest BCUT2D eigenvalue weighted by atomic mass is 16.5. The van der Waals surface area contributed by atoms with Gasteiger partial charge in [0.15, 0.2) is 0 Å². The summed E-state index contributed by atoms with van der Waals surface area (Å²) >= 11 is 0. The number of carbonyl (C=O) groups is 1. The predicted molar refractivity (Wildman–Crippen MR) is 75.5 cm³/mol. The maximum Gasteiger partial charge on any atom is 0.326 e. The predicted octanol–water partition coefficient (Wildman–Crippen LogP) is 2.12. The van der Waals surface area contributed by atoms with Crippen LogP contribution in [0.5, 0.6) is 5.75 Å². The van der Waals surface area contributed by atoms with Gasteiger partial charge in [-0.1, -0.05) is 32.9 Å². The van der Waals surface area contributed by atoms with Crippen LogP contribution in [0.3, 0.4) is 0 Å². The minimum Gasteiger partial charge on any atom is -0.491 e. The average molecular weight is 265 g/mol. The lowest BCUT2D eigenvalue weighted by Crippen LogP contribution is -2.40. The number of ether oxygens (including phenoxy) is 2. The van der Waals surface area contributed by atoms with Crippen LogP contribution in [0.25, 0.3) is 0 Å². The number of benzene rings is 1. The molecule has 0 aliphatic carbocycles. The van der Waals surface area contributed by atoms with Crippen LogP contribution in [0, 0.1) is 0 Å². The van der Waals surface area contributed by atoms with Gasteiger partial charge in [-0.25, -0.2) is 0 Å². The van der Waals surface area contributed by atoms with Crippen molar-refractivity contribution in [3.8, 4) is 5.75 Å². The van der Waals surface area contributed by atoms with E-state index >= 15 is 0 Å². The second-order valence-electron chi connectivity index (χ2n) is 5.45. The van der Waals surface area contributed by atoms with Crippen LogP contribution < -0.4 is 10.1 Å².